The van der Waals surface area contributed by atoms with Crippen LogP contribution in [0.4, 0.5) is 5.69 Å². The molecule has 0 saturated heterocycles. The second-order valence-electron chi connectivity index (χ2n) is 9.11. The summed E-state index contributed by atoms with van der Waals surface area (Å²) in [5, 5.41) is 11.8. The average Bonchev–Trinajstić information content (AvgIpc) is 3.07. The number of nitro groups is 1. The van der Waals surface area contributed by atoms with E-state index in [0.717, 1.165) is 5.56 Å². The second kappa shape index (κ2) is 7.74. The number of fused-ring (bicyclic) bond motifs is 1. The Morgan fingerprint density at radius 3 is 2.52 bits per heavy atom. The summed E-state index contributed by atoms with van der Waals surface area (Å²) in [6.45, 7) is 4.02. The van der Waals surface area contributed by atoms with Crippen LogP contribution in [0.25, 0.3) is 6.08 Å². The van der Waals surface area contributed by atoms with Crippen LogP contribution in [-0.4, -0.2) is 15.3 Å². The molecule has 3 aromatic rings. The molecule has 7 nitrogen and oxygen atoms in total. The fourth-order valence-corrected chi connectivity index (χ4v) is 5.65. The summed E-state index contributed by atoms with van der Waals surface area (Å²) in [6, 6.07) is 14.9. The Labute approximate surface area is 193 Å². The van der Waals surface area contributed by atoms with Crippen LogP contribution < -0.4 is 14.9 Å². The molecule has 2 aromatic carbocycles. The number of para-hydroxylation sites is 1. The number of rotatable bonds is 3. The van der Waals surface area contributed by atoms with Gasteiger partial charge >= 0.3 is 0 Å². The normalized spacial score (nSPS) is 19.6. The van der Waals surface area contributed by atoms with Crippen molar-refractivity contribution in [3.05, 3.63) is 107 Å². The number of hydrogen-bond acceptors (Lipinski definition) is 6. The summed E-state index contributed by atoms with van der Waals surface area (Å²) in [7, 11) is 0. The van der Waals surface area contributed by atoms with Crippen molar-refractivity contribution in [3.63, 3.8) is 0 Å². The molecule has 1 aromatic heterocycles. The molecule has 33 heavy (non-hydrogen) atoms. The molecule has 2 heterocycles. The molecule has 5 rings (SSSR count). The summed E-state index contributed by atoms with van der Waals surface area (Å²) >= 11 is 1.24. The molecular formula is C25H21N3O4S. The maximum absolute atomic E-state index is 13.6. The minimum atomic E-state index is -0.876. The van der Waals surface area contributed by atoms with Gasteiger partial charge in [0.05, 0.1) is 20.7 Å². The number of Topliss-reactive ketones (excluding diaryl/α,β-unsaturated/α-hetero) is 1. The van der Waals surface area contributed by atoms with Crippen LogP contribution in [0.3, 0.4) is 0 Å². The van der Waals surface area contributed by atoms with E-state index in [1.807, 2.05) is 44.2 Å². The van der Waals surface area contributed by atoms with Gasteiger partial charge < -0.3 is 0 Å². The van der Waals surface area contributed by atoms with Crippen molar-refractivity contribution in [1.82, 2.24) is 4.57 Å². The number of carbonyl (C=O) groups is 1. The van der Waals surface area contributed by atoms with Crippen molar-refractivity contribution in [2.45, 2.75) is 32.7 Å². The number of nitro benzene ring substituents is 1. The predicted octanol–water partition coefficient (Wildman–Crippen LogP) is 3.51. The smallest absolute Gasteiger partial charge is 0.275 e. The summed E-state index contributed by atoms with van der Waals surface area (Å²) in [4.78, 5) is 43.5. The first kappa shape index (κ1) is 21.2. The highest BCUT2D eigenvalue weighted by molar-refractivity contribution is 7.07. The first-order valence-electron chi connectivity index (χ1n) is 10.6. The Kier molecular flexibility index (Phi) is 4.97. The van der Waals surface area contributed by atoms with Gasteiger partial charge in [0.25, 0.3) is 11.2 Å². The van der Waals surface area contributed by atoms with Gasteiger partial charge in [0.15, 0.2) is 10.6 Å². The number of allylic oxidation sites excluding steroid dienone is 2. The molecule has 0 N–H and O–H groups in total. The van der Waals surface area contributed by atoms with Crippen molar-refractivity contribution in [2.24, 2.45) is 10.4 Å². The molecule has 0 spiro atoms. The molecule has 2 aliphatic rings. The fraction of sp³-hybridized carbons (Fsp3) is 0.240. The highest BCUT2D eigenvalue weighted by atomic mass is 32.1. The van der Waals surface area contributed by atoms with E-state index < -0.39 is 11.0 Å². The molecular weight excluding hydrogens is 438 g/mol. The first-order valence-corrected chi connectivity index (χ1v) is 11.4. The number of aromatic nitrogens is 1. The molecule has 1 unspecified atom stereocenters. The molecule has 0 amide bonds. The third kappa shape index (κ3) is 3.66. The maximum atomic E-state index is 13.6. The Hall–Kier alpha value is -3.65. The van der Waals surface area contributed by atoms with E-state index in [-0.39, 0.29) is 22.4 Å². The molecule has 0 saturated carbocycles. The number of nitrogens with zero attached hydrogens (tertiary/aromatic N) is 3. The van der Waals surface area contributed by atoms with Crippen molar-refractivity contribution < 1.29 is 9.72 Å². The van der Waals surface area contributed by atoms with Gasteiger partial charge in [0.1, 0.15) is 6.04 Å². The zero-order chi connectivity index (χ0) is 23.3. The largest absolute Gasteiger partial charge is 0.294 e. The summed E-state index contributed by atoms with van der Waals surface area (Å²) < 4.78 is 1.92. The lowest BCUT2D eigenvalue weighted by molar-refractivity contribution is -0.385. The number of hydrogen-bond donors (Lipinski definition) is 0. The number of benzene rings is 2. The van der Waals surface area contributed by atoms with E-state index in [0.29, 0.717) is 39.0 Å². The van der Waals surface area contributed by atoms with Crippen molar-refractivity contribution in [2.75, 3.05) is 0 Å². The van der Waals surface area contributed by atoms with Gasteiger partial charge in [-0.25, -0.2) is 4.99 Å². The molecule has 1 atom stereocenters. The van der Waals surface area contributed by atoms with Gasteiger partial charge in [-0.3, -0.25) is 24.3 Å². The molecule has 1 aliphatic carbocycles. The molecule has 0 bridgehead atoms. The van der Waals surface area contributed by atoms with E-state index in [9.17, 15) is 19.7 Å². The van der Waals surface area contributed by atoms with E-state index in [4.69, 9.17) is 4.99 Å². The van der Waals surface area contributed by atoms with Gasteiger partial charge in [-0.1, -0.05) is 67.6 Å². The Balaban J connectivity index is 1.83. The van der Waals surface area contributed by atoms with Crippen LogP contribution >= 0.6 is 11.3 Å². The summed E-state index contributed by atoms with van der Waals surface area (Å²) in [5.74, 6) is -0.120. The van der Waals surface area contributed by atoms with Gasteiger partial charge in [-0.05, 0) is 29.5 Å². The van der Waals surface area contributed by atoms with Gasteiger partial charge in [-0.15, -0.1) is 0 Å². The van der Waals surface area contributed by atoms with Gasteiger partial charge in [-0.2, -0.15) is 0 Å². The molecule has 0 radical (unpaired) electrons. The molecule has 0 fully saturated rings. The Bertz CT molecular complexity index is 1510. The average molecular weight is 460 g/mol. The summed E-state index contributed by atoms with van der Waals surface area (Å²) in [6.07, 6.45) is 2.65. The van der Waals surface area contributed by atoms with E-state index in [1.54, 1.807) is 24.3 Å². The third-order valence-electron chi connectivity index (χ3n) is 6.02. The molecule has 166 valence electrons. The SMILES string of the molecule is CC1(C)CC(=O)C2=C(C1)N=c1sc(=Cc3ccccc3)c(=O)n1C2c1ccccc1[N+](=O)[O-]. The topological polar surface area (TPSA) is 94.6 Å². The zero-order valence-electron chi connectivity index (χ0n) is 18.1. The van der Waals surface area contributed by atoms with Crippen molar-refractivity contribution >= 4 is 28.9 Å². The maximum Gasteiger partial charge on any atom is 0.275 e. The number of thiazole rings is 1. The van der Waals surface area contributed by atoms with Crippen LogP contribution in [0, 0.1) is 15.5 Å². The van der Waals surface area contributed by atoms with Gasteiger partial charge in [0, 0.05) is 18.1 Å². The van der Waals surface area contributed by atoms with Crippen LogP contribution in [0.15, 0.2) is 75.7 Å². The van der Waals surface area contributed by atoms with Crippen molar-refractivity contribution in [1.29, 1.82) is 0 Å². The van der Waals surface area contributed by atoms with Gasteiger partial charge in [0.2, 0.25) is 0 Å². The fourth-order valence-electron chi connectivity index (χ4n) is 4.63. The van der Waals surface area contributed by atoms with Crippen LogP contribution in [0.2, 0.25) is 0 Å². The second-order valence-corrected chi connectivity index (χ2v) is 10.1. The van der Waals surface area contributed by atoms with E-state index in [2.05, 4.69) is 0 Å². The highest BCUT2D eigenvalue weighted by Gasteiger charge is 2.42. The lowest BCUT2D eigenvalue weighted by Gasteiger charge is -2.35. The summed E-state index contributed by atoms with van der Waals surface area (Å²) in [5.41, 5.74) is 1.50. The lowest BCUT2D eigenvalue weighted by Crippen LogP contribution is -2.42. The highest BCUT2D eigenvalue weighted by Crippen LogP contribution is 2.44. The minimum absolute atomic E-state index is 0.119. The zero-order valence-corrected chi connectivity index (χ0v) is 19.0. The predicted molar refractivity (Wildman–Crippen MR) is 126 cm³/mol. The van der Waals surface area contributed by atoms with Crippen LogP contribution in [0.5, 0.6) is 0 Å². The molecule has 1 aliphatic heterocycles. The Morgan fingerprint density at radius 2 is 1.79 bits per heavy atom. The van der Waals surface area contributed by atoms with E-state index in [1.165, 1.54) is 22.0 Å². The minimum Gasteiger partial charge on any atom is -0.294 e. The Morgan fingerprint density at radius 1 is 1.09 bits per heavy atom. The molecule has 8 heteroatoms. The quantitative estimate of drug-likeness (QED) is 0.442. The number of ketones is 1. The lowest BCUT2D eigenvalue weighted by atomic mass is 9.73. The monoisotopic (exact) mass is 459 g/mol. The van der Waals surface area contributed by atoms with Crippen LogP contribution in [0.1, 0.15) is 43.9 Å². The standard InChI is InChI=1S/C25H21N3O4S/c1-25(2)13-17-21(19(29)14-25)22(16-10-6-7-11-18(16)28(31)32)27-23(30)20(33-24(27)26-17)12-15-8-4-3-5-9-15/h3-12,22H,13-14H2,1-2H3. The van der Waals surface area contributed by atoms with Crippen molar-refractivity contribution in [3.8, 4) is 0 Å². The first-order chi connectivity index (χ1) is 15.7. The van der Waals surface area contributed by atoms with E-state index >= 15 is 0 Å². The van der Waals surface area contributed by atoms with Crippen LogP contribution in [-0.2, 0) is 4.79 Å². The number of carbonyl (C=O) groups excluding carboxylic acids is 1. The third-order valence-corrected chi connectivity index (χ3v) is 7.00.